The summed E-state index contributed by atoms with van der Waals surface area (Å²) in [4.78, 5) is 20.5. The molecule has 0 aliphatic heterocycles. The first-order valence-electron chi connectivity index (χ1n) is 8.22. The van der Waals surface area contributed by atoms with Gasteiger partial charge in [0, 0.05) is 12.1 Å². The third-order valence-electron chi connectivity index (χ3n) is 3.63. The molecule has 0 aliphatic carbocycles. The first kappa shape index (κ1) is 19.4. The molecule has 0 bridgehead atoms. The average Bonchev–Trinajstić information content (AvgIpc) is 2.59. The summed E-state index contributed by atoms with van der Waals surface area (Å²) in [5.41, 5.74) is 1.89. The second kappa shape index (κ2) is 8.94. The molecule has 0 saturated heterocycles. The molecular formula is C19H22FN3O3. The van der Waals surface area contributed by atoms with E-state index in [1.54, 1.807) is 45.1 Å². The van der Waals surface area contributed by atoms with Crippen molar-refractivity contribution in [2.75, 3.05) is 25.6 Å². The Morgan fingerprint density at radius 3 is 2.58 bits per heavy atom. The number of carbonyl (C=O) groups is 1. The lowest BCUT2D eigenvalue weighted by Crippen LogP contribution is -2.14. The van der Waals surface area contributed by atoms with E-state index in [1.807, 2.05) is 0 Å². The van der Waals surface area contributed by atoms with Gasteiger partial charge in [-0.05, 0) is 39.0 Å². The molecule has 0 aliphatic rings. The van der Waals surface area contributed by atoms with Gasteiger partial charge < -0.3 is 14.8 Å². The number of hydrogen-bond acceptors (Lipinski definition) is 6. The molecule has 0 unspecified atom stereocenters. The van der Waals surface area contributed by atoms with E-state index in [0.717, 1.165) is 0 Å². The Bertz CT molecular complexity index is 799. The smallest absolute Gasteiger partial charge is 0.341 e. The molecule has 0 radical (unpaired) electrons. The quantitative estimate of drug-likeness (QED) is 0.762. The summed E-state index contributed by atoms with van der Waals surface area (Å²) in [6.07, 6.45) is 3.41. The molecule has 6 nitrogen and oxygen atoms in total. The van der Waals surface area contributed by atoms with Crippen molar-refractivity contribution < 1.29 is 18.7 Å². The topological polar surface area (TPSA) is 73.3 Å². The zero-order valence-corrected chi connectivity index (χ0v) is 15.3. The summed E-state index contributed by atoms with van der Waals surface area (Å²) in [5, 5.41) is 3.03. The van der Waals surface area contributed by atoms with Crippen LogP contribution in [0.25, 0.3) is 6.08 Å². The van der Waals surface area contributed by atoms with Crippen molar-refractivity contribution in [3.05, 3.63) is 52.6 Å². The predicted octanol–water partition coefficient (Wildman–Crippen LogP) is 3.54. The van der Waals surface area contributed by atoms with Gasteiger partial charge in [0.2, 0.25) is 5.95 Å². The highest BCUT2D eigenvalue weighted by Gasteiger charge is 2.16. The minimum Gasteiger partial charge on any atom is -0.497 e. The van der Waals surface area contributed by atoms with Crippen LogP contribution in [-0.2, 0) is 4.74 Å². The van der Waals surface area contributed by atoms with E-state index in [1.165, 1.54) is 13.2 Å². The number of carbonyl (C=O) groups excluding carboxylic acids is 1. The number of aromatic nitrogens is 2. The molecule has 26 heavy (non-hydrogen) atoms. The van der Waals surface area contributed by atoms with E-state index in [2.05, 4.69) is 15.3 Å². The minimum atomic E-state index is -0.428. The van der Waals surface area contributed by atoms with Crippen LogP contribution in [0.1, 0.15) is 34.2 Å². The third-order valence-corrected chi connectivity index (χ3v) is 3.63. The maximum Gasteiger partial charge on any atom is 0.341 e. The highest BCUT2D eigenvalue weighted by atomic mass is 19.1. The summed E-state index contributed by atoms with van der Waals surface area (Å²) in [6, 6.07) is 4.54. The van der Waals surface area contributed by atoms with Crippen LogP contribution in [0.15, 0.2) is 24.3 Å². The lowest BCUT2D eigenvalue weighted by Gasteiger charge is -2.10. The molecule has 1 heterocycles. The highest BCUT2D eigenvalue weighted by molar-refractivity contribution is 5.91. The van der Waals surface area contributed by atoms with Crippen LogP contribution in [0.3, 0.4) is 0 Å². The lowest BCUT2D eigenvalue weighted by atomic mass is 10.2. The molecule has 0 fully saturated rings. The molecule has 1 aromatic heterocycles. The van der Waals surface area contributed by atoms with Crippen molar-refractivity contribution in [3.63, 3.8) is 0 Å². The summed E-state index contributed by atoms with van der Waals surface area (Å²) in [6.45, 7) is 5.90. The van der Waals surface area contributed by atoms with E-state index < -0.39 is 5.97 Å². The van der Waals surface area contributed by atoms with Gasteiger partial charge in [-0.25, -0.2) is 19.2 Å². The van der Waals surface area contributed by atoms with Crippen molar-refractivity contribution in [2.24, 2.45) is 0 Å². The molecule has 2 aromatic rings. The van der Waals surface area contributed by atoms with Gasteiger partial charge in [-0.2, -0.15) is 0 Å². The molecule has 0 saturated carbocycles. The van der Waals surface area contributed by atoms with Crippen LogP contribution in [-0.4, -0.2) is 36.2 Å². The largest absolute Gasteiger partial charge is 0.497 e. The maximum atomic E-state index is 13.7. The van der Waals surface area contributed by atoms with Gasteiger partial charge in [-0.3, -0.25) is 0 Å². The second-order valence-electron chi connectivity index (χ2n) is 5.48. The molecule has 1 N–H and O–H groups in total. The van der Waals surface area contributed by atoms with Crippen LogP contribution in [0.5, 0.6) is 5.75 Å². The van der Waals surface area contributed by atoms with Crippen molar-refractivity contribution in [2.45, 2.75) is 20.8 Å². The number of halogens is 1. The number of benzene rings is 1. The third kappa shape index (κ3) is 4.78. The standard InChI is InChI=1S/C19H22FN3O3/c1-5-26-18(24)17-12(2)22-19(23-13(17)3)21-10-6-7-14-11-15(25-4)8-9-16(14)20/h6-9,11H,5,10H2,1-4H3,(H,21,22,23). The van der Waals surface area contributed by atoms with Crippen molar-refractivity contribution >= 4 is 18.0 Å². The average molecular weight is 359 g/mol. The highest BCUT2D eigenvalue weighted by Crippen LogP contribution is 2.18. The van der Waals surface area contributed by atoms with Crippen molar-refractivity contribution in [1.29, 1.82) is 0 Å². The van der Waals surface area contributed by atoms with Gasteiger partial charge in [0.15, 0.2) is 0 Å². The number of esters is 1. The molecule has 0 atom stereocenters. The molecule has 0 spiro atoms. The monoisotopic (exact) mass is 359 g/mol. The first-order chi connectivity index (χ1) is 12.5. The normalized spacial score (nSPS) is 10.8. The van der Waals surface area contributed by atoms with Crippen LogP contribution >= 0.6 is 0 Å². The summed E-state index contributed by atoms with van der Waals surface area (Å²) < 4.78 is 23.8. The van der Waals surface area contributed by atoms with E-state index in [-0.39, 0.29) is 5.82 Å². The van der Waals surface area contributed by atoms with E-state index in [4.69, 9.17) is 9.47 Å². The Labute approximate surface area is 152 Å². The van der Waals surface area contributed by atoms with Crippen LogP contribution < -0.4 is 10.1 Å². The number of hydrogen-bond donors (Lipinski definition) is 1. The van der Waals surface area contributed by atoms with Gasteiger partial charge in [0.25, 0.3) is 0 Å². The Morgan fingerprint density at radius 1 is 1.27 bits per heavy atom. The Kier molecular flexibility index (Phi) is 6.66. The lowest BCUT2D eigenvalue weighted by molar-refractivity contribution is 0.0523. The number of nitrogens with zero attached hydrogens (tertiary/aromatic N) is 2. The molecule has 138 valence electrons. The SMILES string of the molecule is CCOC(=O)c1c(C)nc(NCC=Cc2cc(OC)ccc2F)nc1C. The Balaban J connectivity index is 2.05. The number of nitrogens with one attached hydrogen (secondary N) is 1. The van der Waals surface area contributed by atoms with Gasteiger partial charge in [0.1, 0.15) is 17.1 Å². The van der Waals surface area contributed by atoms with Crippen LogP contribution in [0.4, 0.5) is 10.3 Å². The zero-order valence-electron chi connectivity index (χ0n) is 15.3. The fraction of sp³-hybridized carbons (Fsp3) is 0.316. The number of methoxy groups -OCH3 is 1. The van der Waals surface area contributed by atoms with Gasteiger partial charge in [0.05, 0.1) is 25.1 Å². The minimum absolute atomic E-state index is 0.295. The molecule has 7 heteroatoms. The van der Waals surface area contributed by atoms with Gasteiger partial charge >= 0.3 is 5.97 Å². The van der Waals surface area contributed by atoms with Gasteiger partial charge in [-0.15, -0.1) is 0 Å². The fourth-order valence-electron chi connectivity index (χ4n) is 2.41. The first-order valence-corrected chi connectivity index (χ1v) is 8.22. The van der Waals surface area contributed by atoms with Crippen LogP contribution in [0.2, 0.25) is 0 Å². The van der Waals surface area contributed by atoms with Crippen LogP contribution in [0, 0.1) is 19.7 Å². The van der Waals surface area contributed by atoms with Gasteiger partial charge in [-0.1, -0.05) is 12.2 Å². The summed E-state index contributed by atoms with van der Waals surface area (Å²) >= 11 is 0. The zero-order chi connectivity index (χ0) is 19.1. The second-order valence-corrected chi connectivity index (χ2v) is 5.48. The number of aryl methyl sites for hydroxylation is 2. The van der Waals surface area contributed by atoms with Crippen molar-refractivity contribution in [3.8, 4) is 5.75 Å². The van der Waals surface area contributed by atoms with E-state index in [9.17, 15) is 9.18 Å². The number of ether oxygens (including phenoxy) is 2. The molecule has 0 amide bonds. The summed E-state index contributed by atoms with van der Waals surface area (Å²) in [7, 11) is 1.53. The van der Waals surface area contributed by atoms with E-state index >= 15 is 0 Å². The fourth-order valence-corrected chi connectivity index (χ4v) is 2.41. The van der Waals surface area contributed by atoms with Crippen molar-refractivity contribution in [1.82, 2.24) is 9.97 Å². The molecule has 1 aromatic carbocycles. The number of anilines is 1. The van der Waals surface area contributed by atoms with E-state index in [0.29, 0.717) is 47.4 Å². The Hall–Kier alpha value is -2.96. The molecule has 2 rings (SSSR count). The maximum absolute atomic E-state index is 13.7. The Morgan fingerprint density at radius 2 is 1.96 bits per heavy atom. The molecular weight excluding hydrogens is 337 g/mol. The summed E-state index contributed by atoms with van der Waals surface area (Å²) in [5.74, 6) is 0.221. The number of rotatable bonds is 7. The predicted molar refractivity (Wildman–Crippen MR) is 97.9 cm³/mol.